The zero-order valence-electron chi connectivity index (χ0n) is 36.7. The Morgan fingerprint density at radius 1 is 0.879 bits per heavy atom. The van der Waals surface area contributed by atoms with Gasteiger partial charge in [-0.25, -0.2) is 19.4 Å². The molecule has 1 saturated heterocycles. The van der Waals surface area contributed by atoms with E-state index in [9.17, 15) is 24.0 Å². The van der Waals surface area contributed by atoms with Gasteiger partial charge in [-0.15, -0.1) is 21.6 Å². The third-order valence-corrected chi connectivity index (χ3v) is 12.7. The molecule has 1 atom stereocenters. The van der Waals surface area contributed by atoms with Crippen LogP contribution in [-0.2, 0) is 49.0 Å². The van der Waals surface area contributed by atoms with Crippen molar-refractivity contribution < 1.29 is 47.2 Å². The maximum Gasteiger partial charge on any atom is 0.413 e. The van der Waals surface area contributed by atoms with E-state index in [0.29, 0.717) is 12.2 Å². The van der Waals surface area contributed by atoms with Crippen LogP contribution in [-0.4, -0.2) is 97.7 Å². The number of aromatic nitrogens is 1. The molecule has 1 aliphatic rings. The highest BCUT2D eigenvalue weighted by Crippen LogP contribution is 2.54. The van der Waals surface area contributed by atoms with Crippen LogP contribution < -0.4 is 10.6 Å². The molecule has 2 aromatic rings. The van der Waals surface area contributed by atoms with Gasteiger partial charge in [-0.2, -0.15) is 0 Å². The number of carbonyl (C=O) groups excluding carboxylic acids is 5. The van der Waals surface area contributed by atoms with E-state index in [1.165, 1.54) is 24.1 Å². The average molecular weight is 848 g/mol. The van der Waals surface area contributed by atoms with Crippen LogP contribution in [0.2, 0.25) is 0 Å². The second-order valence-corrected chi connectivity index (χ2v) is 23.3. The Bertz CT molecular complexity index is 1910. The Kier molecular flexibility index (Phi) is 14.7. The summed E-state index contributed by atoms with van der Waals surface area (Å²) in [6.07, 6.45) is 5.06. The summed E-state index contributed by atoms with van der Waals surface area (Å²) >= 11 is 0.983. The van der Waals surface area contributed by atoms with Crippen molar-refractivity contribution in [3.8, 4) is 0 Å². The fraction of sp³-hybridized carbons (Fsp3) is 0.585. The van der Waals surface area contributed by atoms with Crippen LogP contribution >= 0.6 is 21.6 Å². The molecule has 0 spiro atoms. The molecule has 0 bridgehead atoms. The Hall–Kier alpha value is -4.48. The number of benzene rings is 1. The first-order valence-corrected chi connectivity index (χ1v) is 22.0. The molecule has 1 aliphatic heterocycles. The lowest BCUT2D eigenvalue weighted by Gasteiger charge is -2.43. The lowest BCUT2D eigenvalue weighted by atomic mass is 10.0. The zero-order valence-corrected chi connectivity index (χ0v) is 38.3. The highest BCUT2D eigenvalue weighted by molar-refractivity contribution is 8.29. The lowest BCUT2D eigenvalue weighted by Crippen LogP contribution is -2.64. The largest absolute Gasteiger partial charge is 0.457 e. The Morgan fingerprint density at radius 3 is 1.97 bits per heavy atom. The lowest BCUT2D eigenvalue weighted by molar-refractivity contribution is -0.179. The number of esters is 2. The van der Waals surface area contributed by atoms with Gasteiger partial charge in [0.2, 0.25) is 5.60 Å². The fourth-order valence-electron chi connectivity index (χ4n) is 4.45. The molecule has 3 rings (SSSR count). The first kappa shape index (κ1) is 47.9. The summed E-state index contributed by atoms with van der Waals surface area (Å²) in [7, 11) is -1.33. The number of thiazole rings is 1. The highest BCUT2D eigenvalue weighted by atomic mass is 32.3. The molecule has 0 saturated carbocycles. The monoisotopic (exact) mass is 847 g/mol. The predicted molar refractivity (Wildman–Crippen MR) is 227 cm³/mol. The first-order chi connectivity index (χ1) is 26.3. The van der Waals surface area contributed by atoms with E-state index in [0.717, 1.165) is 16.9 Å². The number of oxime groups is 1. The normalized spacial score (nSPS) is 16.2. The van der Waals surface area contributed by atoms with Gasteiger partial charge in [0.25, 0.3) is 11.8 Å². The molecule has 322 valence electrons. The molecule has 1 fully saturated rings. The Labute approximate surface area is 348 Å². The highest BCUT2D eigenvalue weighted by Gasteiger charge is 2.44. The molecule has 2 heterocycles. The zero-order chi connectivity index (χ0) is 44.2. The van der Waals surface area contributed by atoms with Crippen molar-refractivity contribution in [3.05, 3.63) is 52.2 Å². The maximum atomic E-state index is 13.8. The van der Waals surface area contributed by atoms with Gasteiger partial charge in [0.15, 0.2) is 10.8 Å². The van der Waals surface area contributed by atoms with Crippen LogP contribution in [0.4, 0.5) is 9.93 Å². The van der Waals surface area contributed by atoms with Crippen molar-refractivity contribution in [1.29, 1.82) is 0 Å². The number of amides is 3. The quantitative estimate of drug-likeness (QED) is 0.0514. The third-order valence-electron chi connectivity index (χ3n) is 8.24. The molecule has 58 heavy (non-hydrogen) atoms. The molecular weight excluding hydrogens is 787 g/mol. The van der Waals surface area contributed by atoms with Gasteiger partial charge in [-0.05, 0) is 106 Å². The molecule has 1 aromatic carbocycles. The number of ether oxygens (including phenoxy) is 3. The van der Waals surface area contributed by atoms with E-state index >= 15 is 0 Å². The number of rotatable bonds is 13. The standard InChI is InChI=1S/C41H61N5O10S2/c1-37(2,3)53-33(49)29(21-25-17-19-26(20-18-25)23-52-58(15,16)40(10,11)12)46-22-27(32(46)48)42-31(47)30(45-56-41(13,14)34(50)54-38(4,5)6)28-24-57-35(43-28)44-36(51)55-39(7,8)9/h17-21,24,27H,22-23H2,1-16H3,(H,42,47)(H,43,44,51)/b29-21+,45-30-/t27-/m0/s1. The van der Waals surface area contributed by atoms with Crippen LogP contribution in [0.5, 0.6) is 0 Å². The first-order valence-electron chi connectivity index (χ1n) is 18.8. The summed E-state index contributed by atoms with van der Waals surface area (Å²) in [5.41, 5.74) is -2.94. The molecule has 0 radical (unpaired) electrons. The van der Waals surface area contributed by atoms with Crippen LogP contribution in [0.15, 0.2) is 40.5 Å². The molecule has 15 nitrogen and oxygen atoms in total. The van der Waals surface area contributed by atoms with Gasteiger partial charge in [0, 0.05) is 10.1 Å². The van der Waals surface area contributed by atoms with Crippen molar-refractivity contribution in [2.45, 2.75) is 137 Å². The maximum absolute atomic E-state index is 13.8. The van der Waals surface area contributed by atoms with E-state index < -0.39 is 74.3 Å². The molecule has 0 aliphatic carbocycles. The predicted octanol–water partition coefficient (Wildman–Crippen LogP) is 7.34. The van der Waals surface area contributed by atoms with Crippen molar-refractivity contribution in [2.24, 2.45) is 5.16 Å². The Morgan fingerprint density at radius 2 is 1.45 bits per heavy atom. The third kappa shape index (κ3) is 14.1. The van der Waals surface area contributed by atoms with E-state index in [4.69, 9.17) is 23.2 Å². The van der Waals surface area contributed by atoms with Crippen LogP contribution in [0.25, 0.3) is 6.08 Å². The number of anilines is 1. The van der Waals surface area contributed by atoms with Gasteiger partial charge in [-0.1, -0.05) is 50.2 Å². The second-order valence-electron chi connectivity index (χ2n) is 18.6. The van der Waals surface area contributed by atoms with Gasteiger partial charge < -0.3 is 33.4 Å². The van der Waals surface area contributed by atoms with Crippen LogP contribution in [0, 0.1) is 0 Å². The van der Waals surface area contributed by atoms with E-state index in [1.807, 2.05) is 24.3 Å². The Balaban J connectivity index is 1.88. The number of carbonyl (C=O) groups is 5. The average Bonchev–Trinajstić information content (AvgIpc) is 3.49. The number of hydrogen-bond donors (Lipinski definition) is 2. The summed E-state index contributed by atoms with van der Waals surface area (Å²) in [5, 5.41) is 10.7. The molecule has 17 heteroatoms. The second kappa shape index (κ2) is 17.8. The minimum atomic E-state index is -1.64. The van der Waals surface area contributed by atoms with E-state index in [2.05, 4.69) is 54.1 Å². The van der Waals surface area contributed by atoms with Crippen molar-refractivity contribution in [2.75, 3.05) is 24.4 Å². The SMILES string of the molecule is CC(C)(C)OC(=O)Nc1nc(/C(=N/OC(C)(C)C(=O)OC(C)(C)C)C(=O)N[C@H]2CN(/C(=C/c3ccc(COS(C)(C)C(C)(C)C)cc3)C(=O)OC(C)(C)C)C2=O)cs1. The number of nitrogens with one attached hydrogen (secondary N) is 2. The summed E-state index contributed by atoms with van der Waals surface area (Å²) in [6.45, 7) is 25.0. The summed E-state index contributed by atoms with van der Waals surface area (Å²) in [5.74, 6) is -2.91. The minimum absolute atomic E-state index is 0.00490. The summed E-state index contributed by atoms with van der Waals surface area (Å²) < 4.78 is 22.7. The molecule has 1 aromatic heterocycles. The molecular formula is C41H61N5O10S2. The summed E-state index contributed by atoms with van der Waals surface area (Å²) in [4.78, 5) is 77.5. The van der Waals surface area contributed by atoms with Crippen molar-refractivity contribution in [3.63, 3.8) is 0 Å². The molecule has 3 amide bonds. The van der Waals surface area contributed by atoms with Crippen molar-refractivity contribution >= 4 is 68.4 Å². The van der Waals surface area contributed by atoms with Crippen LogP contribution in [0.1, 0.15) is 114 Å². The van der Waals surface area contributed by atoms with Gasteiger partial charge in [0.05, 0.1) is 13.2 Å². The van der Waals surface area contributed by atoms with Crippen molar-refractivity contribution in [1.82, 2.24) is 15.2 Å². The minimum Gasteiger partial charge on any atom is -0.457 e. The fourth-order valence-corrected chi connectivity index (χ4v) is 5.91. The number of likely N-dealkylation sites (tertiary alicyclic amines) is 1. The van der Waals surface area contributed by atoms with Gasteiger partial charge in [-0.3, -0.25) is 14.9 Å². The number of nitrogens with zero attached hydrogens (tertiary/aromatic N) is 3. The van der Waals surface area contributed by atoms with Gasteiger partial charge >= 0.3 is 18.0 Å². The van der Waals surface area contributed by atoms with E-state index in [-0.39, 0.29) is 27.8 Å². The van der Waals surface area contributed by atoms with E-state index in [1.54, 1.807) is 68.4 Å². The molecule has 2 N–H and O–H groups in total. The van der Waals surface area contributed by atoms with Crippen LogP contribution in [0.3, 0.4) is 0 Å². The topological polar surface area (TPSA) is 184 Å². The number of hydrogen-bond acceptors (Lipinski definition) is 13. The van der Waals surface area contributed by atoms with Gasteiger partial charge in [0.1, 0.15) is 34.2 Å². The smallest absolute Gasteiger partial charge is 0.413 e. The number of β-lactam (4-membered cyclic amide) rings is 1. The molecule has 0 unspecified atom stereocenters. The summed E-state index contributed by atoms with van der Waals surface area (Å²) in [6, 6.07) is 6.38.